The minimum atomic E-state index is -4.45. The second kappa shape index (κ2) is 7.62. The third kappa shape index (κ3) is 3.77. The van der Waals surface area contributed by atoms with Gasteiger partial charge in [0.2, 0.25) is 0 Å². The zero-order chi connectivity index (χ0) is 22.5. The summed E-state index contributed by atoms with van der Waals surface area (Å²) in [4.78, 5) is 29.2. The maximum Gasteiger partial charge on any atom is 0.416 e. The normalized spacial score (nSPS) is 23.1. The monoisotopic (exact) mass is 443 g/mol. The number of halogens is 3. The first-order valence-corrected chi connectivity index (χ1v) is 10.9. The van der Waals surface area contributed by atoms with E-state index in [2.05, 4.69) is 5.32 Å². The highest BCUT2D eigenvalue weighted by molar-refractivity contribution is 6.07. The number of urea groups is 1. The van der Waals surface area contributed by atoms with Crippen LogP contribution in [0.5, 0.6) is 0 Å². The molecule has 2 aliphatic carbocycles. The summed E-state index contributed by atoms with van der Waals surface area (Å²) in [7, 11) is 0. The summed E-state index contributed by atoms with van der Waals surface area (Å²) in [5.41, 5.74) is 0.739. The van der Waals surface area contributed by atoms with Crippen LogP contribution in [0.3, 0.4) is 0 Å². The number of fused-ring (bicyclic) bond motifs is 1. The summed E-state index contributed by atoms with van der Waals surface area (Å²) in [6.07, 6.45) is -1.11. The Bertz CT molecular complexity index is 1070. The van der Waals surface area contributed by atoms with Gasteiger partial charge in [0.1, 0.15) is 5.54 Å². The van der Waals surface area contributed by atoms with E-state index in [-0.39, 0.29) is 30.7 Å². The molecule has 0 radical (unpaired) electrons. The van der Waals surface area contributed by atoms with Crippen LogP contribution in [0.4, 0.5) is 18.0 Å². The van der Waals surface area contributed by atoms with Crippen molar-refractivity contribution < 1.29 is 22.8 Å². The van der Waals surface area contributed by atoms with E-state index >= 15 is 0 Å². The van der Waals surface area contributed by atoms with Gasteiger partial charge in [-0.1, -0.05) is 42.5 Å². The van der Waals surface area contributed by atoms with Crippen molar-refractivity contribution in [2.75, 3.05) is 6.67 Å². The van der Waals surface area contributed by atoms with Crippen LogP contribution in [0.1, 0.15) is 41.5 Å². The van der Waals surface area contributed by atoms with Crippen molar-refractivity contribution in [3.8, 4) is 0 Å². The van der Waals surface area contributed by atoms with Crippen molar-refractivity contribution >= 4 is 11.9 Å². The Labute approximate surface area is 184 Å². The highest BCUT2D eigenvalue weighted by Crippen LogP contribution is 2.37. The number of hydrogen-bond donors (Lipinski definition) is 1. The fraction of sp³-hybridized carbons (Fsp3) is 0.417. The number of alkyl halides is 3. The summed E-state index contributed by atoms with van der Waals surface area (Å²) in [5.74, 6) is -0.285. The Hall–Kier alpha value is -2.87. The van der Waals surface area contributed by atoms with Crippen molar-refractivity contribution in [3.05, 3.63) is 70.8 Å². The van der Waals surface area contributed by atoms with E-state index in [9.17, 15) is 22.8 Å². The SMILES string of the molecule is O=C1NC2(CCc3ccccc3C2)C(=O)N1CN(Cc1ccccc1C(F)(F)F)C1CC1. The van der Waals surface area contributed by atoms with Gasteiger partial charge in [0.15, 0.2) is 0 Å². The predicted molar refractivity (Wildman–Crippen MR) is 111 cm³/mol. The van der Waals surface area contributed by atoms with Gasteiger partial charge in [0, 0.05) is 19.0 Å². The van der Waals surface area contributed by atoms with Crippen LogP contribution < -0.4 is 5.32 Å². The van der Waals surface area contributed by atoms with Crippen molar-refractivity contribution in [1.82, 2.24) is 15.1 Å². The summed E-state index contributed by atoms with van der Waals surface area (Å²) in [6, 6.07) is 13.0. The van der Waals surface area contributed by atoms with Crippen LogP contribution >= 0.6 is 0 Å². The number of carbonyl (C=O) groups excluding carboxylic acids is 2. The topological polar surface area (TPSA) is 52.7 Å². The van der Waals surface area contributed by atoms with E-state index in [1.807, 2.05) is 29.2 Å². The Morgan fingerprint density at radius 3 is 2.44 bits per heavy atom. The number of imide groups is 1. The third-order valence-corrected chi connectivity index (χ3v) is 6.76. The Kier molecular flexibility index (Phi) is 5.00. The number of nitrogens with zero attached hydrogens (tertiary/aromatic N) is 2. The molecule has 1 N–H and O–H groups in total. The number of nitrogens with one attached hydrogen (secondary N) is 1. The molecule has 3 amide bonds. The molecule has 1 saturated carbocycles. The lowest BCUT2D eigenvalue weighted by atomic mass is 9.78. The van der Waals surface area contributed by atoms with Gasteiger partial charge < -0.3 is 5.32 Å². The second-order valence-corrected chi connectivity index (χ2v) is 8.97. The molecule has 8 heteroatoms. The molecule has 1 unspecified atom stereocenters. The van der Waals surface area contributed by atoms with Crippen molar-refractivity contribution in [2.45, 2.75) is 56.4 Å². The van der Waals surface area contributed by atoms with Gasteiger partial charge in [-0.2, -0.15) is 13.2 Å². The minimum absolute atomic E-state index is 0.00901. The van der Waals surface area contributed by atoms with Crippen LogP contribution in [0.15, 0.2) is 48.5 Å². The van der Waals surface area contributed by atoms with Gasteiger partial charge in [-0.05, 0) is 48.4 Å². The molecule has 2 aromatic rings. The zero-order valence-electron chi connectivity index (χ0n) is 17.5. The lowest BCUT2D eigenvalue weighted by molar-refractivity contribution is -0.139. The van der Waals surface area contributed by atoms with E-state index in [4.69, 9.17) is 0 Å². The van der Waals surface area contributed by atoms with Gasteiger partial charge >= 0.3 is 12.2 Å². The largest absolute Gasteiger partial charge is 0.416 e. The van der Waals surface area contributed by atoms with E-state index in [1.165, 1.54) is 22.6 Å². The molecule has 0 bridgehead atoms. The quantitative estimate of drug-likeness (QED) is 0.708. The number of carbonyl (C=O) groups is 2. The van der Waals surface area contributed by atoms with Gasteiger partial charge in [0.25, 0.3) is 5.91 Å². The molecule has 2 aromatic carbocycles. The fourth-order valence-electron chi connectivity index (χ4n) is 4.90. The molecule has 5 rings (SSSR count). The number of rotatable bonds is 5. The smallest absolute Gasteiger partial charge is 0.323 e. The van der Waals surface area contributed by atoms with Crippen molar-refractivity contribution in [2.24, 2.45) is 0 Å². The van der Waals surface area contributed by atoms with Crippen LogP contribution in [-0.2, 0) is 30.4 Å². The zero-order valence-corrected chi connectivity index (χ0v) is 17.5. The lowest BCUT2D eigenvalue weighted by Gasteiger charge is -2.33. The summed E-state index contributed by atoms with van der Waals surface area (Å²) in [5, 5.41) is 2.90. The Morgan fingerprint density at radius 2 is 1.72 bits per heavy atom. The summed E-state index contributed by atoms with van der Waals surface area (Å²) in [6.45, 7) is 0.0260. The molecule has 1 aliphatic heterocycles. The molecule has 1 saturated heterocycles. The first kappa shape index (κ1) is 21.0. The van der Waals surface area contributed by atoms with Gasteiger partial charge in [0.05, 0.1) is 12.2 Å². The first-order chi connectivity index (χ1) is 15.3. The summed E-state index contributed by atoms with van der Waals surface area (Å²) < 4.78 is 40.4. The van der Waals surface area contributed by atoms with Gasteiger partial charge in [-0.15, -0.1) is 0 Å². The predicted octanol–water partition coefficient (Wildman–Crippen LogP) is 4.11. The third-order valence-electron chi connectivity index (χ3n) is 6.76. The standard InChI is InChI=1S/C24H24F3N3O2/c25-24(26,27)20-8-4-3-7-18(20)14-29(19-9-10-19)15-30-21(31)23(28-22(30)32)12-11-16-5-1-2-6-17(16)13-23/h1-8,19H,9-15H2,(H,28,32). The van der Waals surface area contributed by atoms with Crippen LogP contribution in [-0.4, -0.2) is 40.0 Å². The Morgan fingerprint density at radius 1 is 1.03 bits per heavy atom. The molecular formula is C24H24F3N3O2. The molecule has 2 fully saturated rings. The van der Waals surface area contributed by atoms with Crippen LogP contribution in [0, 0.1) is 0 Å². The van der Waals surface area contributed by atoms with Crippen LogP contribution in [0.25, 0.3) is 0 Å². The maximum atomic E-state index is 13.5. The molecule has 32 heavy (non-hydrogen) atoms. The number of aryl methyl sites for hydroxylation is 1. The van der Waals surface area contributed by atoms with Gasteiger partial charge in [-0.25, -0.2) is 9.69 Å². The van der Waals surface area contributed by atoms with E-state index in [0.29, 0.717) is 19.3 Å². The minimum Gasteiger partial charge on any atom is -0.323 e. The second-order valence-electron chi connectivity index (χ2n) is 8.97. The molecule has 1 spiro atoms. The maximum absolute atomic E-state index is 13.5. The van der Waals surface area contributed by atoms with Crippen molar-refractivity contribution in [1.29, 1.82) is 0 Å². The molecular weight excluding hydrogens is 419 g/mol. The highest BCUT2D eigenvalue weighted by atomic mass is 19.4. The summed E-state index contributed by atoms with van der Waals surface area (Å²) >= 11 is 0. The fourth-order valence-corrected chi connectivity index (χ4v) is 4.90. The molecule has 3 aliphatic rings. The van der Waals surface area contributed by atoms with Crippen molar-refractivity contribution in [3.63, 3.8) is 0 Å². The highest BCUT2D eigenvalue weighted by Gasteiger charge is 2.53. The number of benzene rings is 2. The molecule has 1 heterocycles. The Balaban J connectivity index is 1.36. The molecule has 0 aromatic heterocycles. The first-order valence-electron chi connectivity index (χ1n) is 10.9. The molecule has 1 atom stereocenters. The number of hydrogen-bond acceptors (Lipinski definition) is 3. The van der Waals surface area contributed by atoms with E-state index < -0.39 is 23.3 Å². The van der Waals surface area contributed by atoms with E-state index in [0.717, 1.165) is 24.5 Å². The average molecular weight is 443 g/mol. The van der Waals surface area contributed by atoms with E-state index in [1.54, 1.807) is 6.07 Å². The molecule has 5 nitrogen and oxygen atoms in total. The average Bonchev–Trinajstić information content (AvgIpc) is 3.58. The van der Waals surface area contributed by atoms with Gasteiger partial charge in [-0.3, -0.25) is 9.69 Å². The lowest BCUT2D eigenvalue weighted by Crippen LogP contribution is -2.51. The van der Waals surface area contributed by atoms with Crippen LogP contribution in [0.2, 0.25) is 0 Å². The molecule has 168 valence electrons. The number of amides is 3.